The molecule has 0 saturated carbocycles. The molecule has 1 heterocycles. The number of hydrogen-bond acceptors (Lipinski definition) is 4. The van der Waals surface area contributed by atoms with Gasteiger partial charge < -0.3 is 10.5 Å². The normalized spacial score (nSPS) is 24.2. The maximum atomic E-state index is 14.3. The zero-order valence-corrected chi connectivity index (χ0v) is 13.4. The Kier molecular flexibility index (Phi) is 4.89. The number of halogens is 2. The summed E-state index contributed by atoms with van der Waals surface area (Å²) in [6, 6.07) is 2.46. The van der Waals surface area contributed by atoms with Crippen molar-refractivity contribution in [1.29, 1.82) is 0 Å². The molecule has 2 atom stereocenters. The number of rotatable bonds is 3. The molecule has 1 aliphatic heterocycles. The van der Waals surface area contributed by atoms with Gasteiger partial charge in [-0.2, -0.15) is 4.31 Å². The molecular weight excluding hydrogens is 319 g/mol. The lowest BCUT2D eigenvalue weighted by Crippen LogP contribution is -2.48. The first-order valence-electron chi connectivity index (χ1n) is 6.59. The number of ether oxygens (including phenoxy) is 1. The van der Waals surface area contributed by atoms with Crippen LogP contribution in [0.3, 0.4) is 0 Å². The summed E-state index contributed by atoms with van der Waals surface area (Å²) in [5, 5.41) is 0.143. The molecule has 0 bridgehead atoms. The first-order valence-corrected chi connectivity index (χ1v) is 8.41. The van der Waals surface area contributed by atoms with Crippen LogP contribution in [-0.4, -0.2) is 38.0 Å². The predicted octanol–water partition coefficient (Wildman–Crippen LogP) is 1.74. The van der Waals surface area contributed by atoms with Gasteiger partial charge in [-0.05, 0) is 26.0 Å². The summed E-state index contributed by atoms with van der Waals surface area (Å²) in [6.07, 6.45) is -0.500. The minimum Gasteiger partial charge on any atom is -0.373 e. The lowest BCUT2D eigenvalue weighted by molar-refractivity contribution is -0.0441. The molecule has 8 heteroatoms. The van der Waals surface area contributed by atoms with Gasteiger partial charge in [0, 0.05) is 30.2 Å². The number of nitrogens with zero attached hydrogens (tertiary/aromatic N) is 1. The fraction of sp³-hybridized carbons (Fsp3) is 0.538. The maximum absolute atomic E-state index is 14.3. The molecule has 0 unspecified atom stereocenters. The van der Waals surface area contributed by atoms with E-state index in [2.05, 4.69) is 0 Å². The third kappa shape index (κ3) is 3.37. The standard InChI is InChI=1S/C13H18ClFN2O3S/c1-8-6-17(7-9(2)20-8)21(18,19)12-4-11(14)3-10(5-16)13(12)15/h3-4,8-9H,5-7,16H2,1-2H3/t8-,9+. The average Bonchev–Trinajstić information content (AvgIpc) is 2.39. The first-order chi connectivity index (χ1) is 9.75. The molecular formula is C13H18ClFN2O3S. The Bertz CT molecular complexity index is 629. The predicted molar refractivity (Wildman–Crippen MR) is 78.1 cm³/mol. The van der Waals surface area contributed by atoms with Gasteiger partial charge in [0.15, 0.2) is 0 Å². The van der Waals surface area contributed by atoms with Crippen molar-refractivity contribution in [3.63, 3.8) is 0 Å². The molecule has 0 amide bonds. The van der Waals surface area contributed by atoms with Crippen molar-refractivity contribution in [3.05, 3.63) is 28.5 Å². The Morgan fingerprint density at radius 3 is 2.48 bits per heavy atom. The molecule has 0 radical (unpaired) electrons. The highest BCUT2D eigenvalue weighted by atomic mass is 35.5. The molecule has 2 N–H and O–H groups in total. The van der Waals surface area contributed by atoms with E-state index in [1.54, 1.807) is 13.8 Å². The van der Waals surface area contributed by atoms with Crippen molar-refractivity contribution in [3.8, 4) is 0 Å². The van der Waals surface area contributed by atoms with E-state index in [9.17, 15) is 12.8 Å². The lowest BCUT2D eigenvalue weighted by Gasteiger charge is -2.34. The van der Waals surface area contributed by atoms with Crippen LogP contribution >= 0.6 is 11.6 Å². The second-order valence-electron chi connectivity index (χ2n) is 5.16. The summed E-state index contributed by atoms with van der Waals surface area (Å²) >= 11 is 5.87. The first kappa shape index (κ1) is 16.6. The zero-order valence-electron chi connectivity index (χ0n) is 11.8. The molecule has 1 fully saturated rings. The van der Waals surface area contributed by atoms with E-state index in [0.29, 0.717) is 0 Å². The van der Waals surface area contributed by atoms with Crippen LogP contribution in [0.1, 0.15) is 19.4 Å². The molecule has 118 valence electrons. The molecule has 1 aromatic rings. The Morgan fingerprint density at radius 1 is 1.38 bits per heavy atom. The maximum Gasteiger partial charge on any atom is 0.246 e. The molecule has 2 rings (SSSR count). The number of morpholine rings is 1. The van der Waals surface area contributed by atoms with Gasteiger partial charge in [0.1, 0.15) is 10.7 Å². The summed E-state index contributed by atoms with van der Waals surface area (Å²) in [6.45, 7) is 3.79. The number of benzene rings is 1. The lowest BCUT2D eigenvalue weighted by atomic mass is 10.2. The van der Waals surface area contributed by atoms with E-state index in [0.717, 1.165) is 6.07 Å². The Labute approximate surface area is 128 Å². The molecule has 0 aromatic heterocycles. The van der Waals surface area contributed by atoms with Gasteiger partial charge >= 0.3 is 0 Å². The SMILES string of the molecule is C[C@@H]1CN(S(=O)(=O)c2cc(Cl)cc(CN)c2F)C[C@H](C)O1. The molecule has 1 saturated heterocycles. The van der Waals surface area contributed by atoms with Crippen molar-refractivity contribution in [2.24, 2.45) is 5.73 Å². The van der Waals surface area contributed by atoms with Crippen LogP contribution in [0, 0.1) is 5.82 Å². The van der Waals surface area contributed by atoms with Crippen molar-refractivity contribution in [1.82, 2.24) is 4.31 Å². The fourth-order valence-corrected chi connectivity index (χ4v) is 4.45. The number of sulfonamides is 1. The highest BCUT2D eigenvalue weighted by Gasteiger charge is 2.34. The highest BCUT2D eigenvalue weighted by Crippen LogP contribution is 2.28. The molecule has 1 aromatic carbocycles. The summed E-state index contributed by atoms with van der Waals surface area (Å²) in [4.78, 5) is -0.434. The Morgan fingerprint density at radius 2 is 1.95 bits per heavy atom. The third-order valence-electron chi connectivity index (χ3n) is 3.30. The molecule has 21 heavy (non-hydrogen) atoms. The van der Waals surface area contributed by atoms with E-state index < -0.39 is 20.7 Å². The van der Waals surface area contributed by atoms with Crippen molar-refractivity contribution in [2.75, 3.05) is 13.1 Å². The zero-order chi connectivity index (χ0) is 15.8. The highest BCUT2D eigenvalue weighted by molar-refractivity contribution is 7.89. The van der Waals surface area contributed by atoms with Gasteiger partial charge in [-0.15, -0.1) is 0 Å². The largest absolute Gasteiger partial charge is 0.373 e. The second-order valence-corrected chi connectivity index (χ2v) is 7.50. The van der Waals surface area contributed by atoms with Gasteiger partial charge in [0.25, 0.3) is 0 Å². The van der Waals surface area contributed by atoms with Crippen LogP contribution in [0.2, 0.25) is 5.02 Å². The van der Waals surface area contributed by atoms with Gasteiger partial charge in [0.2, 0.25) is 10.0 Å². The van der Waals surface area contributed by atoms with E-state index in [-0.39, 0.29) is 42.4 Å². The van der Waals surface area contributed by atoms with Gasteiger partial charge in [-0.1, -0.05) is 11.6 Å². The van der Waals surface area contributed by atoms with E-state index in [1.165, 1.54) is 10.4 Å². The van der Waals surface area contributed by atoms with Gasteiger partial charge in [-0.3, -0.25) is 0 Å². The quantitative estimate of drug-likeness (QED) is 0.912. The summed E-state index contributed by atoms with van der Waals surface area (Å²) < 4.78 is 46.3. The smallest absolute Gasteiger partial charge is 0.246 e. The van der Waals surface area contributed by atoms with Crippen molar-refractivity contribution >= 4 is 21.6 Å². The van der Waals surface area contributed by atoms with Crippen LogP contribution < -0.4 is 5.73 Å². The van der Waals surface area contributed by atoms with Crippen LogP contribution in [0.25, 0.3) is 0 Å². The molecule has 1 aliphatic rings. The number of hydrogen-bond donors (Lipinski definition) is 1. The van der Waals surface area contributed by atoms with Gasteiger partial charge in [0.05, 0.1) is 12.2 Å². The van der Waals surface area contributed by atoms with E-state index in [4.69, 9.17) is 22.1 Å². The minimum absolute atomic E-state index is 0.0791. The Balaban J connectivity index is 2.47. The summed E-state index contributed by atoms with van der Waals surface area (Å²) in [5.41, 5.74) is 5.51. The minimum atomic E-state index is -3.98. The monoisotopic (exact) mass is 336 g/mol. The second kappa shape index (κ2) is 6.18. The Hall–Kier alpha value is -0.730. The molecule has 0 aliphatic carbocycles. The third-order valence-corrected chi connectivity index (χ3v) is 5.35. The molecule has 0 spiro atoms. The number of nitrogens with two attached hydrogens (primary N) is 1. The fourth-order valence-electron chi connectivity index (χ4n) is 2.42. The van der Waals surface area contributed by atoms with Crippen LogP contribution in [0.4, 0.5) is 4.39 Å². The van der Waals surface area contributed by atoms with Crippen molar-refractivity contribution in [2.45, 2.75) is 37.5 Å². The topological polar surface area (TPSA) is 72.6 Å². The van der Waals surface area contributed by atoms with Crippen molar-refractivity contribution < 1.29 is 17.5 Å². The summed E-state index contributed by atoms with van der Waals surface area (Å²) in [5.74, 6) is -0.839. The van der Waals surface area contributed by atoms with Crippen LogP contribution in [0.15, 0.2) is 17.0 Å². The summed E-state index contributed by atoms with van der Waals surface area (Å²) in [7, 11) is -3.98. The van der Waals surface area contributed by atoms with Gasteiger partial charge in [-0.25, -0.2) is 12.8 Å². The van der Waals surface area contributed by atoms with Crippen LogP contribution in [-0.2, 0) is 21.3 Å². The van der Waals surface area contributed by atoms with E-state index >= 15 is 0 Å². The average molecular weight is 337 g/mol. The van der Waals surface area contributed by atoms with E-state index in [1.807, 2.05) is 0 Å². The molecule has 5 nitrogen and oxygen atoms in total. The van der Waals surface area contributed by atoms with Crippen LogP contribution in [0.5, 0.6) is 0 Å².